The monoisotopic (exact) mass is 1400 g/mol. The molecular formula is C54H109ClI2O15SSi3. The Morgan fingerprint density at radius 1 is 0.763 bits per heavy atom. The lowest BCUT2D eigenvalue weighted by Gasteiger charge is -2.36. The van der Waals surface area contributed by atoms with E-state index in [1.165, 1.54) is 0 Å². The van der Waals surface area contributed by atoms with Crippen LogP contribution in [0.3, 0.4) is 0 Å². The maximum atomic E-state index is 10.8. The summed E-state index contributed by atoms with van der Waals surface area (Å²) in [6, 6.07) is 0. The van der Waals surface area contributed by atoms with E-state index >= 15 is 0 Å². The summed E-state index contributed by atoms with van der Waals surface area (Å²) in [6.07, 6.45) is 5.87. The van der Waals surface area contributed by atoms with Gasteiger partial charge in [0.05, 0.1) is 68.5 Å². The minimum Gasteiger partial charge on any atom is -0.414 e. The second kappa shape index (κ2) is 42.0. The molecule has 76 heavy (non-hydrogen) atoms. The van der Waals surface area contributed by atoms with E-state index in [1.54, 1.807) is 35.0 Å². The third kappa shape index (κ3) is 51.1. The summed E-state index contributed by atoms with van der Waals surface area (Å²) in [6.45, 7) is 54.3. The molecule has 15 nitrogen and oxygen atoms in total. The molecule has 2 aliphatic heterocycles. The van der Waals surface area contributed by atoms with Gasteiger partial charge in [-0.2, -0.15) is 0 Å². The van der Waals surface area contributed by atoms with Crippen molar-refractivity contribution in [3.63, 3.8) is 0 Å². The SMILES string of the molecule is C#CC[C@H](O)CO[Si](C)(C)C(C)(C)C.C=C(C[C@H]1COC(C)(C)O1)S(=O)(=O)Cl.C=C(I)C[C@H](O)CO.C=C(I)C[C@H]1COC(C)(C)O1.CC(C)(C)[Si](C)(C)OC[C@@H](O)CC#C[Si](C)(C)C.CO.COC(C)(C)OC.[2H]CC. The summed E-state index contributed by atoms with van der Waals surface area (Å²) in [5.41, 5.74) is 3.26. The lowest BCUT2D eigenvalue weighted by Crippen LogP contribution is -2.42. The summed E-state index contributed by atoms with van der Waals surface area (Å²) in [4.78, 5) is -0.0366. The van der Waals surface area contributed by atoms with Gasteiger partial charge in [0, 0.05) is 65.5 Å². The molecule has 0 aliphatic carbocycles. The first-order valence-corrected chi connectivity index (χ1v) is 38.9. The number of methoxy groups -OCH3 is 2. The number of aliphatic hydroxyl groups is 5. The molecule has 2 saturated heterocycles. The predicted molar refractivity (Wildman–Crippen MR) is 342 cm³/mol. The van der Waals surface area contributed by atoms with Crippen molar-refractivity contribution in [2.45, 2.75) is 233 Å². The average molecular weight is 1410 g/mol. The molecule has 0 amide bonds. The zero-order chi connectivity index (χ0) is 62.7. The quantitative estimate of drug-likeness (QED) is 0.0284. The van der Waals surface area contributed by atoms with Crippen molar-refractivity contribution in [1.82, 2.24) is 0 Å². The molecule has 5 N–H and O–H groups in total. The molecule has 2 heterocycles. The highest BCUT2D eigenvalue weighted by Gasteiger charge is 2.39. The molecular weight excluding hydrogens is 1290 g/mol. The molecule has 0 aromatic rings. The second-order valence-corrected chi connectivity index (χ2v) is 42.9. The normalized spacial score (nSPS) is 18.2. The van der Waals surface area contributed by atoms with Crippen LogP contribution in [-0.2, 0) is 46.3 Å². The van der Waals surface area contributed by atoms with Gasteiger partial charge in [0.25, 0.3) is 9.05 Å². The van der Waals surface area contributed by atoms with E-state index in [0.717, 1.165) is 20.7 Å². The molecule has 0 saturated carbocycles. The summed E-state index contributed by atoms with van der Waals surface area (Å²) in [5.74, 6) is 4.06. The Morgan fingerprint density at radius 2 is 1.12 bits per heavy atom. The lowest BCUT2D eigenvalue weighted by molar-refractivity contribution is -0.178. The summed E-state index contributed by atoms with van der Waals surface area (Å²) in [5, 5.41) is 43.7. The molecule has 0 bridgehead atoms. The highest BCUT2D eigenvalue weighted by Crippen LogP contribution is 2.37. The van der Waals surface area contributed by atoms with Gasteiger partial charge in [-0.3, -0.25) is 0 Å². The van der Waals surface area contributed by atoms with Crippen molar-refractivity contribution in [2.24, 2.45) is 0 Å². The summed E-state index contributed by atoms with van der Waals surface area (Å²) < 4.78 is 73.0. The van der Waals surface area contributed by atoms with Crippen LogP contribution in [0.5, 0.6) is 0 Å². The van der Waals surface area contributed by atoms with E-state index in [9.17, 15) is 18.6 Å². The number of hydrogen-bond donors (Lipinski definition) is 5. The number of halogens is 3. The number of hydrogen-bond acceptors (Lipinski definition) is 15. The van der Waals surface area contributed by atoms with Gasteiger partial charge in [-0.05, 0) is 130 Å². The maximum Gasteiger partial charge on any atom is 0.256 e. The van der Waals surface area contributed by atoms with Crippen LogP contribution in [0.2, 0.25) is 55.9 Å². The van der Waals surface area contributed by atoms with Gasteiger partial charge in [0.1, 0.15) is 8.07 Å². The van der Waals surface area contributed by atoms with E-state index in [0.29, 0.717) is 52.6 Å². The van der Waals surface area contributed by atoms with Gasteiger partial charge in [-0.1, -0.05) is 94.7 Å². The Bertz CT molecular complexity index is 1820. The Kier molecular flexibility index (Phi) is 47.0. The molecule has 454 valence electrons. The fourth-order valence-corrected chi connectivity index (χ4v) is 8.75. The van der Waals surface area contributed by atoms with Crippen molar-refractivity contribution < 1.29 is 72.6 Å². The van der Waals surface area contributed by atoms with Crippen molar-refractivity contribution >= 4 is 89.6 Å². The van der Waals surface area contributed by atoms with E-state index in [2.05, 4.69) is 147 Å². The largest absolute Gasteiger partial charge is 0.414 e. The molecule has 2 fully saturated rings. The molecule has 2 aliphatic rings. The van der Waals surface area contributed by atoms with E-state index in [4.69, 9.17) is 71.1 Å². The van der Waals surface area contributed by atoms with Crippen molar-refractivity contribution in [1.29, 1.82) is 0 Å². The maximum absolute atomic E-state index is 10.8. The molecule has 0 radical (unpaired) electrons. The molecule has 0 aromatic heterocycles. The summed E-state index contributed by atoms with van der Waals surface area (Å²) >= 11 is 4.23. The molecule has 0 spiro atoms. The van der Waals surface area contributed by atoms with Crippen molar-refractivity contribution in [3.8, 4) is 23.8 Å². The van der Waals surface area contributed by atoms with Crippen LogP contribution in [0.1, 0.15) is 130 Å². The van der Waals surface area contributed by atoms with Crippen LogP contribution in [0, 0.1) is 23.8 Å². The van der Waals surface area contributed by atoms with Crippen LogP contribution < -0.4 is 0 Å². The smallest absolute Gasteiger partial charge is 0.256 e. The van der Waals surface area contributed by atoms with Crippen molar-refractivity contribution in [2.75, 3.05) is 54.4 Å². The summed E-state index contributed by atoms with van der Waals surface area (Å²) in [7, 11) is 0.867. The first-order chi connectivity index (χ1) is 34.5. The first kappa shape index (κ1) is 85.0. The standard InChI is InChI=1S/C14H30O2Si2.C11H22O2Si.C8H13ClO4S.C8H13IO2.C5H9IO2.C5H12O2.C2H6.CH4O/c1-14(2,3)18(7,8)16-12-13(15)10-9-11-17(4,5)6;1-7-8-10(12)9-13-14(5,6)11(2,3)4;1-6(14(9,10)11)4-7-5-12-8(2,3)13-7;1-6(9)4-7-5-10-8(2,3)11-7;1-4(6)2-5(8)3-7;1-5(2,6-3)7-4;2*1-2/h13,15H,10,12H2,1-8H3;1,10,12H,8-9H2,2-6H3;7H,1,4-5H2,2-3H3;7H,1,4-5H2,2-3H3;5,7-8H,1-3H2;1-4H3;1-2H3;2H,1H3/t13-;10-;2*7-;5-;;;/m00000.../s1/i;;;;;;1D;. The lowest BCUT2D eigenvalue weighted by atomic mass is 10.2. The molecule has 0 unspecified atom stereocenters. The molecule has 0 aromatic carbocycles. The molecule has 5 atom stereocenters. The van der Waals surface area contributed by atoms with Gasteiger partial charge in [0.15, 0.2) is 34.0 Å². The van der Waals surface area contributed by atoms with Crippen LogP contribution in [0.4, 0.5) is 0 Å². The van der Waals surface area contributed by atoms with Crippen LogP contribution >= 0.6 is 55.9 Å². The molecule has 2 rings (SSSR count). The highest BCUT2D eigenvalue weighted by atomic mass is 127. The van der Waals surface area contributed by atoms with Gasteiger partial charge in [-0.15, -0.1) is 23.8 Å². The van der Waals surface area contributed by atoms with Crippen LogP contribution in [0.15, 0.2) is 31.8 Å². The number of terminal acetylenes is 1. The van der Waals surface area contributed by atoms with Crippen LogP contribution in [0.25, 0.3) is 0 Å². The van der Waals surface area contributed by atoms with Gasteiger partial charge >= 0.3 is 0 Å². The zero-order valence-electron chi connectivity index (χ0n) is 52.2. The van der Waals surface area contributed by atoms with E-state index in [-0.39, 0.29) is 40.2 Å². The minimum atomic E-state index is -3.69. The Balaban J connectivity index is -0.000000197. The molecule has 22 heteroatoms. The highest BCUT2D eigenvalue weighted by molar-refractivity contribution is 14.1. The Labute approximate surface area is 501 Å². The number of ether oxygens (including phenoxy) is 6. The fourth-order valence-electron chi connectivity index (χ4n) is 4.46. The predicted octanol–water partition coefficient (Wildman–Crippen LogP) is 12.4. The van der Waals surface area contributed by atoms with Crippen LogP contribution in [-0.4, -0.2) is 161 Å². The van der Waals surface area contributed by atoms with Gasteiger partial charge in [0.2, 0.25) is 0 Å². The third-order valence-electron chi connectivity index (χ3n) is 11.1. The number of rotatable bonds is 18. The second-order valence-electron chi connectivity index (χ2n) is 22.8. The Hall–Kier alpha value is 0.171. The zero-order valence-corrected chi connectivity index (χ0v) is 60.1. The van der Waals surface area contributed by atoms with E-state index < -0.39 is 69.4 Å². The Morgan fingerprint density at radius 3 is 1.34 bits per heavy atom. The average Bonchev–Trinajstić information content (AvgIpc) is 3.80. The number of aliphatic hydroxyl groups excluding tert-OH is 5. The van der Waals surface area contributed by atoms with Gasteiger partial charge in [-0.25, -0.2) is 8.42 Å². The minimum absolute atomic E-state index is 0.0366. The van der Waals surface area contributed by atoms with Crippen molar-refractivity contribution in [3.05, 3.63) is 31.8 Å². The topological polar surface area (TPSA) is 209 Å². The third-order valence-corrected chi connectivity index (χ3v) is 23.4. The fraction of sp³-hybridized carbons (Fsp3) is 0.815. The first-order valence-electron chi connectivity index (χ1n) is 25.8. The van der Waals surface area contributed by atoms with E-state index in [1.807, 2.05) is 50.3 Å². The van der Waals surface area contributed by atoms with Gasteiger partial charge < -0.3 is 62.8 Å².